The molecule has 1 aliphatic rings. The molecule has 0 atom stereocenters. The number of ether oxygens (including phenoxy) is 1. The summed E-state index contributed by atoms with van der Waals surface area (Å²) in [6.07, 6.45) is 0.377. The lowest BCUT2D eigenvalue weighted by Gasteiger charge is -2.27. The molecule has 112 valence electrons. The van der Waals surface area contributed by atoms with Crippen LogP contribution >= 0.6 is 11.3 Å². The van der Waals surface area contributed by atoms with Crippen LogP contribution in [0.4, 0.5) is 10.7 Å². The summed E-state index contributed by atoms with van der Waals surface area (Å²) < 4.78 is 28.2. The maximum Gasteiger partial charge on any atom is 0.177 e. The number of nitrogens with zero attached hydrogens (tertiary/aromatic N) is 1. The number of rotatable bonds is 4. The maximum absolute atomic E-state index is 11.9. The first kappa shape index (κ1) is 15.1. The van der Waals surface area contributed by atoms with Crippen LogP contribution in [0.1, 0.15) is 23.0 Å². The minimum absolute atomic E-state index is 0.0262. The SMILES string of the molecule is CCC(=O)c1sc(N2CCS(=O)(=O)CC2)c(OC)c1N. The number of ketones is 1. The fourth-order valence-electron chi connectivity index (χ4n) is 2.10. The number of Topliss-reactive ketones (excluding diaryl/α,β-unsaturated/α-hetero) is 1. The predicted molar refractivity (Wildman–Crippen MR) is 80.8 cm³/mol. The Hall–Kier alpha value is -1.28. The summed E-state index contributed by atoms with van der Waals surface area (Å²) in [4.78, 5) is 14.3. The summed E-state index contributed by atoms with van der Waals surface area (Å²) in [5.41, 5.74) is 6.33. The Balaban J connectivity index is 2.35. The van der Waals surface area contributed by atoms with Crippen LogP contribution in [0.3, 0.4) is 0 Å². The molecule has 2 rings (SSSR count). The molecule has 0 amide bonds. The molecule has 1 saturated heterocycles. The van der Waals surface area contributed by atoms with E-state index in [1.165, 1.54) is 18.4 Å². The lowest BCUT2D eigenvalue weighted by molar-refractivity contribution is 0.0992. The van der Waals surface area contributed by atoms with Crippen molar-refractivity contribution in [3.63, 3.8) is 0 Å². The minimum Gasteiger partial charge on any atom is -0.492 e. The number of methoxy groups -OCH3 is 1. The zero-order valence-corrected chi connectivity index (χ0v) is 13.1. The first-order valence-electron chi connectivity index (χ1n) is 6.34. The van der Waals surface area contributed by atoms with E-state index in [2.05, 4.69) is 0 Å². The lowest BCUT2D eigenvalue weighted by atomic mass is 10.2. The highest BCUT2D eigenvalue weighted by Gasteiger charge is 2.28. The first-order chi connectivity index (χ1) is 9.39. The van der Waals surface area contributed by atoms with E-state index in [-0.39, 0.29) is 17.3 Å². The zero-order valence-electron chi connectivity index (χ0n) is 11.5. The van der Waals surface area contributed by atoms with Crippen molar-refractivity contribution in [1.82, 2.24) is 0 Å². The molecule has 6 nitrogen and oxygen atoms in total. The van der Waals surface area contributed by atoms with Crippen molar-refractivity contribution >= 4 is 37.6 Å². The van der Waals surface area contributed by atoms with E-state index < -0.39 is 9.84 Å². The molecule has 0 bridgehead atoms. The van der Waals surface area contributed by atoms with Gasteiger partial charge in [-0.3, -0.25) is 4.79 Å². The van der Waals surface area contributed by atoms with Crippen molar-refractivity contribution in [2.45, 2.75) is 13.3 Å². The molecule has 1 aromatic heterocycles. The molecule has 0 spiro atoms. The summed E-state index contributed by atoms with van der Waals surface area (Å²) in [7, 11) is -1.44. The van der Waals surface area contributed by atoms with Crippen molar-refractivity contribution < 1.29 is 17.9 Å². The molecular formula is C12H18N2O4S2. The molecule has 0 radical (unpaired) electrons. The van der Waals surface area contributed by atoms with Crippen LogP contribution in [-0.4, -0.2) is 45.9 Å². The van der Waals surface area contributed by atoms with Crippen LogP contribution in [0.25, 0.3) is 0 Å². The first-order valence-corrected chi connectivity index (χ1v) is 8.98. The Morgan fingerprint density at radius 1 is 1.40 bits per heavy atom. The molecule has 20 heavy (non-hydrogen) atoms. The van der Waals surface area contributed by atoms with E-state index in [1.807, 2.05) is 4.90 Å². The highest BCUT2D eigenvalue weighted by Crippen LogP contribution is 2.45. The van der Waals surface area contributed by atoms with Crippen molar-refractivity contribution in [1.29, 1.82) is 0 Å². The van der Waals surface area contributed by atoms with Crippen LogP contribution in [-0.2, 0) is 9.84 Å². The fraction of sp³-hybridized carbons (Fsp3) is 0.583. The lowest BCUT2D eigenvalue weighted by Crippen LogP contribution is -2.40. The van der Waals surface area contributed by atoms with E-state index in [9.17, 15) is 13.2 Å². The number of hydrogen-bond donors (Lipinski definition) is 1. The second kappa shape index (κ2) is 5.61. The smallest absolute Gasteiger partial charge is 0.177 e. The number of thiophene rings is 1. The second-order valence-electron chi connectivity index (χ2n) is 4.60. The van der Waals surface area contributed by atoms with Gasteiger partial charge in [-0.2, -0.15) is 0 Å². The van der Waals surface area contributed by atoms with Gasteiger partial charge in [0.15, 0.2) is 21.4 Å². The topological polar surface area (TPSA) is 89.7 Å². The second-order valence-corrected chi connectivity index (χ2v) is 7.90. The molecule has 1 fully saturated rings. The van der Waals surface area contributed by atoms with Gasteiger partial charge in [0, 0.05) is 19.5 Å². The van der Waals surface area contributed by atoms with E-state index in [0.29, 0.717) is 35.8 Å². The quantitative estimate of drug-likeness (QED) is 0.838. The van der Waals surface area contributed by atoms with Gasteiger partial charge in [0.05, 0.1) is 29.2 Å². The van der Waals surface area contributed by atoms with Crippen LogP contribution in [0.5, 0.6) is 5.75 Å². The standard InChI is InChI=1S/C12H18N2O4S2/c1-3-8(15)11-9(13)10(18-2)12(19-11)14-4-6-20(16,17)7-5-14/h3-7,13H2,1-2H3. The van der Waals surface area contributed by atoms with Gasteiger partial charge in [-0.15, -0.1) is 11.3 Å². The summed E-state index contributed by atoms with van der Waals surface area (Å²) >= 11 is 1.28. The van der Waals surface area contributed by atoms with Gasteiger partial charge >= 0.3 is 0 Å². The number of anilines is 2. The molecule has 1 aliphatic heterocycles. The number of nitrogen functional groups attached to an aromatic ring is 1. The fourth-order valence-corrected chi connectivity index (χ4v) is 4.56. The molecule has 8 heteroatoms. The van der Waals surface area contributed by atoms with Crippen LogP contribution in [0.2, 0.25) is 0 Å². The minimum atomic E-state index is -2.94. The van der Waals surface area contributed by atoms with E-state index in [0.717, 1.165) is 5.00 Å². The van der Waals surface area contributed by atoms with Crippen LogP contribution in [0, 0.1) is 0 Å². The Bertz CT molecular complexity index is 608. The predicted octanol–water partition coefficient (Wildman–Crippen LogP) is 1.17. The summed E-state index contributed by atoms with van der Waals surface area (Å²) in [6, 6.07) is 0. The molecular weight excluding hydrogens is 300 g/mol. The molecule has 0 aromatic carbocycles. The van der Waals surface area contributed by atoms with E-state index in [1.54, 1.807) is 6.92 Å². The average molecular weight is 318 g/mol. The van der Waals surface area contributed by atoms with Gasteiger partial charge in [-0.1, -0.05) is 6.92 Å². The number of carbonyl (C=O) groups excluding carboxylic acids is 1. The van der Waals surface area contributed by atoms with Crippen LogP contribution < -0.4 is 15.4 Å². The van der Waals surface area contributed by atoms with Crippen molar-refractivity contribution in [3.8, 4) is 5.75 Å². The Morgan fingerprint density at radius 2 is 2.00 bits per heavy atom. The van der Waals surface area contributed by atoms with Gasteiger partial charge in [-0.05, 0) is 0 Å². The summed E-state index contributed by atoms with van der Waals surface area (Å²) in [5, 5.41) is 0.747. The molecule has 0 saturated carbocycles. The van der Waals surface area contributed by atoms with Gasteiger partial charge < -0.3 is 15.4 Å². The molecule has 0 aliphatic carbocycles. The Kier molecular flexibility index (Phi) is 4.24. The number of carbonyl (C=O) groups is 1. The van der Waals surface area contributed by atoms with Crippen molar-refractivity contribution in [2.75, 3.05) is 42.3 Å². The Morgan fingerprint density at radius 3 is 2.50 bits per heavy atom. The van der Waals surface area contributed by atoms with E-state index >= 15 is 0 Å². The van der Waals surface area contributed by atoms with Gasteiger partial charge in [0.2, 0.25) is 0 Å². The third-order valence-electron chi connectivity index (χ3n) is 3.29. The normalized spacial score (nSPS) is 18.0. The van der Waals surface area contributed by atoms with Gasteiger partial charge in [0.25, 0.3) is 0 Å². The van der Waals surface area contributed by atoms with Crippen molar-refractivity contribution in [3.05, 3.63) is 4.88 Å². The highest BCUT2D eigenvalue weighted by molar-refractivity contribution is 7.91. The molecule has 2 heterocycles. The maximum atomic E-state index is 11.9. The number of hydrogen-bond acceptors (Lipinski definition) is 7. The average Bonchev–Trinajstić information content (AvgIpc) is 2.75. The number of sulfone groups is 1. The number of nitrogens with two attached hydrogens (primary N) is 1. The van der Waals surface area contributed by atoms with Crippen molar-refractivity contribution in [2.24, 2.45) is 0 Å². The molecule has 0 unspecified atom stereocenters. The van der Waals surface area contributed by atoms with Gasteiger partial charge in [-0.25, -0.2) is 8.42 Å². The molecule has 2 N–H and O–H groups in total. The summed E-state index contributed by atoms with van der Waals surface area (Å²) in [5.74, 6) is 0.684. The van der Waals surface area contributed by atoms with E-state index in [4.69, 9.17) is 10.5 Å². The zero-order chi connectivity index (χ0) is 14.9. The third-order valence-corrected chi connectivity index (χ3v) is 6.19. The largest absolute Gasteiger partial charge is 0.492 e. The van der Waals surface area contributed by atoms with Crippen LogP contribution in [0.15, 0.2) is 0 Å². The molecule has 1 aromatic rings. The third kappa shape index (κ3) is 2.76. The summed E-state index contributed by atoms with van der Waals surface area (Å²) in [6.45, 7) is 2.58. The van der Waals surface area contributed by atoms with Gasteiger partial charge in [0.1, 0.15) is 5.00 Å². The monoisotopic (exact) mass is 318 g/mol. The Labute approximate surface area is 122 Å². The highest BCUT2D eigenvalue weighted by atomic mass is 32.2.